The van der Waals surface area contributed by atoms with Crippen molar-refractivity contribution in [3.63, 3.8) is 0 Å². The Hall–Kier alpha value is -3.20. The maximum atomic E-state index is 12.5. The van der Waals surface area contributed by atoms with E-state index in [-0.39, 0.29) is 0 Å². The molecule has 1 N–H and O–H groups in total. The smallest absolute Gasteiger partial charge is 0.211 e. The molecule has 8 nitrogen and oxygen atoms in total. The molecule has 1 fully saturated rings. The molecule has 246 valence electrons. The largest absolute Gasteiger partial charge is 0.379 e. The lowest BCUT2D eigenvalue weighted by atomic mass is 10.0. The van der Waals surface area contributed by atoms with Crippen LogP contribution in [0.2, 0.25) is 10.0 Å². The van der Waals surface area contributed by atoms with Gasteiger partial charge in [-0.3, -0.25) is 9.58 Å². The van der Waals surface area contributed by atoms with E-state index >= 15 is 0 Å². The molecule has 0 radical (unpaired) electrons. The fourth-order valence-corrected chi connectivity index (χ4v) is 7.25. The Kier molecular flexibility index (Phi) is 11.0. The molecule has 6 rings (SSSR count). The Morgan fingerprint density at radius 2 is 1.72 bits per heavy atom. The minimum atomic E-state index is -3.35. The molecule has 0 saturated carbocycles. The minimum Gasteiger partial charge on any atom is -0.379 e. The third-order valence-electron chi connectivity index (χ3n) is 8.64. The second-order valence-electron chi connectivity index (χ2n) is 12.0. The molecule has 3 aromatic carbocycles. The van der Waals surface area contributed by atoms with Crippen LogP contribution in [0.25, 0.3) is 11.3 Å². The molecule has 4 aromatic rings. The minimum absolute atomic E-state index is 0.293. The van der Waals surface area contributed by atoms with E-state index < -0.39 is 10.0 Å². The van der Waals surface area contributed by atoms with Crippen LogP contribution in [0.3, 0.4) is 0 Å². The fourth-order valence-electron chi connectivity index (χ4n) is 6.05. The summed E-state index contributed by atoms with van der Waals surface area (Å²) in [5.74, 6) is 6.45. The number of aryl methyl sites for hydroxylation is 1. The van der Waals surface area contributed by atoms with Crippen LogP contribution in [0.4, 0.5) is 0 Å². The molecule has 2 aliphatic heterocycles. The van der Waals surface area contributed by atoms with Gasteiger partial charge in [0.2, 0.25) is 10.0 Å². The predicted molar refractivity (Wildman–Crippen MR) is 188 cm³/mol. The lowest BCUT2D eigenvalue weighted by Crippen LogP contribution is -2.37. The number of hydrogen-bond acceptors (Lipinski definition) is 6. The topological polar surface area (TPSA) is 79.7 Å². The number of nitrogens with one attached hydrogen (secondary N) is 1. The van der Waals surface area contributed by atoms with E-state index in [2.05, 4.69) is 38.9 Å². The van der Waals surface area contributed by atoms with Crippen LogP contribution in [0.1, 0.15) is 39.9 Å². The summed E-state index contributed by atoms with van der Waals surface area (Å²) in [6.07, 6.45) is 2.83. The van der Waals surface area contributed by atoms with Crippen molar-refractivity contribution < 1.29 is 13.2 Å². The van der Waals surface area contributed by atoms with E-state index in [1.807, 2.05) is 54.6 Å². The van der Waals surface area contributed by atoms with Gasteiger partial charge in [-0.25, -0.2) is 8.42 Å². The number of sulfonamides is 1. The molecular weight excluding hydrogens is 653 g/mol. The van der Waals surface area contributed by atoms with E-state index in [0.717, 1.165) is 86.0 Å². The second kappa shape index (κ2) is 15.3. The zero-order valence-electron chi connectivity index (χ0n) is 26.5. The first kappa shape index (κ1) is 33.7. The van der Waals surface area contributed by atoms with Gasteiger partial charge in [0.15, 0.2) is 0 Å². The van der Waals surface area contributed by atoms with Gasteiger partial charge < -0.3 is 10.1 Å². The van der Waals surface area contributed by atoms with E-state index in [4.69, 9.17) is 33.0 Å². The van der Waals surface area contributed by atoms with Crippen LogP contribution in [0, 0.1) is 11.8 Å². The number of ether oxygens (including phenoxy) is 1. The highest BCUT2D eigenvalue weighted by Gasteiger charge is 2.30. The lowest BCUT2D eigenvalue weighted by molar-refractivity contribution is 0.0368. The Labute approximate surface area is 287 Å². The highest BCUT2D eigenvalue weighted by atomic mass is 35.5. The summed E-state index contributed by atoms with van der Waals surface area (Å²) >= 11 is 13.2. The summed E-state index contributed by atoms with van der Waals surface area (Å²) in [6, 6.07) is 21.8. The van der Waals surface area contributed by atoms with Crippen molar-refractivity contribution in [2.24, 2.45) is 0 Å². The number of benzene rings is 3. The quantitative estimate of drug-likeness (QED) is 0.219. The van der Waals surface area contributed by atoms with Gasteiger partial charge in [0.25, 0.3) is 0 Å². The van der Waals surface area contributed by atoms with Gasteiger partial charge >= 0.3 is 0 Å². The van der Waals surface area contributed by atoms with E-state index in [9.17, 15) is 8.42 Å². The summed E-state index contributed by atoms with van der Waals surface area (Å²) in [5, 5.41) is 9.67. The van der Waals surface area contributed by atoms with Crippen molar-refractivity contribution in [2.75, 3.05) is 45.6 Å². The number of rotatable bonds is 10. The van der Waals surface area contributed by atoms with Crippen molar-refractivity contribution >= 4 is 33.2 Å². The average Bonchev–Trinajstić information content (AvgIpc) is 3.44. The third kappa shape index (κ3) is 8.64. The van der Waals surface area contributed by atoms with E-state index in [1.165, 1.54) is 16.1 Å². The average molecular weight is 693 g/mol. The highest BCUT2D eigenvalue weighted by Crippen LogP contribution is 2.33. The zero-order valence-corrected chi connectivity index (χ0v) is 28.8. The number of fused-ring (bicyclic) bond motifs is 1. The first-order chi connectivity index (χ1) is 22.7. The van der Waals surface area contributed by atoms with Gasteiger partial charge in [0.1, 0.15) is 0 Å². The van der Waals surface area contributed by atoms with Crippen molar-refractivity contribution in [1.82, 2.24) is 24.3 Å². The number of morpholine rings is 1. The monoisotopic (exact) mass is 691 g/mol. The fraction of sp³-hybridized carbons (Fsp3) is 0.361. The van der Waals surface area contributed by atoms with Gasteiger partial charge in [-0.1, -0.05) is 77.5 Å². The van der Waals surface area contributed by atoms with E-state index in [1.54, 1.807) is 0 Å². The Balaban J connectivity index is 1.21. The molecule has 47 heavy (non-hydrogen) atoms. The van der Waals surface area contributed by atoms with Crippen LogP contribution in [-0.4, -0.2) is 73.1 Å². The summed E-state index contributed by atoms with van der Waals surface area (Å²) in [6.45, 7) is 7.32. The summed E-state index contributed by atoms with van der Waals surface area (Å²) in [5.41, 5.74) is 7.34. The summed E-state index contributed by atoms with van der Waals surface area (Å²) in [7, 11) is -3.35. The summed E-state index contributed by atoms with van der Waals surface area (Å²) in [4.78, 5) is 2.42. The zero-order chi connectivity index (χ0) is 32.8. The number of halogens is 2. The van der Waals surface area contributed by atoms with Gasteiger partial charge in [0.05, 0.1) is 30.2 Å². The number of aromatic nitrogens is 2. The van der Waals surface area contributed by atoms with Crippen LogP contribution >= 0.6 is 23.2 Å². The Morgan fingerprint density at radius 3 is 2.49 bits per heavy atom. The molecule has 2 aliphatic rings. The van der Waals surface area contributed by atoms with Crippen LogP contribution < -0.4 is 5.32 Å². The van der Waals surface area contributed by atoms with Crippen LogP contribution in [0.5, 0.6) is 0 Å². The standard InChI is InChI=1S/C36H39Cl2N5O3S/c1-47(44,45)42-17-14-35-32(26-42)36(40-43(35)16-5-15-41-18-20-46-21-19-41)30-12-13-33(37)29(23-30)10-8-27-9-11-31(34(38)22-27)25-39-24-28-6-3-2-4-7-28/h2-4,6-7,9,11-13,22-23,39H,5,14-21,24-26H2,1H3. The van der Waals surface area contributed by atoms with Gasteiger partial charge in [-0.05, 0) is 41.8 Å². The second-order valence-corrected chi connectivity index (χ2v) is 14.8. The van der Waals surface area contributed by atoms with Gasteiger partial charge in [0, 0.05) is 91.7 Å². The third-order valence-corrected chi connectivity index (χ3v) is 10.6. The first-order valence-corrected chi connectivity index (χ1v) is 18.5. The molecule has 0 spiro atoms. The predicted octanol–water partition coefficient (Wildman–Crippen LogP) is 5.59. The lowest BCUT2D eigenvalue weighted by Gasteiger charge is -2.27. The molecule has 0 unspecified atom stereocenters. The molecule has 1 saturated heterocycles. The van der Waals surface area contributed by atoms with Gasteiger partial charge in [-0.2, -0.15) is 9.40 Å². The normalized spacial score (nSPS) is 15.6. The Bertz CT molecular complexity index is 1880. The number of hydrogen-bond donors (Lipinski definition) is 1. The first-order valence-electron chi connectivity index (χ1n) is 15.9. The van der Waals surface area contributed by atoms with Crippen molar-refractivity contribution in [3.8, 4) is 23.1 Å². The molecule has 3 heterocycles. The summed E-state index contributed by atoms with van der Waals surface area (Å²) < 4.78 is 34.1. The molecule has 0 bridgehead atoms. The van der Waals surface area contributed by atoms with Gasteiger partial charge in [-0.15, -0.1) is 0 Å². The molecular formula is C36H39Cl2N5O3S. The SMILES string of the molecule is CS(=O)(=O)N1CCc2c(c(-c3ccc(Cl)c(C#Cc4ccc(CNCc5ccccc5)c(Cl)c4)c3)nn2CCCN2CCOCC2)C1. The maximum absolute atomic E-state index is 12.5. The molecule has 0 aliphatic carbocycles. The van der Waals surface area contributed by atoms with Crippen molar-refractivity contribution in [2.45, 2.75) is 39.0 Å². The molecule has 11 heteroatoms. The van der Waals surface area contributed by atoms with Crippen LogP contribution in [0.15, 0.2) is 66.7 Å². The highest BCUT2D eigenvalue weighted by molar-refractivity contribution is 7.88. The maximum Gasteiger partial charge on any atom is 0.211 e. The molecule has 1 aromatic heterocycles. The molecule has 0 atom stereocenters. The van der Waals surface area contributed by atoms with Crippen LogP contribution in [-0.2, 0) is 47.4 Å². The molecule has 0 amide bonds. The van der Waals surface area contributed by atoms with Crippen molar-refractivity contribution in [3.05, 3.63) is 110 Å². The van der Waals surface area contributed by atoms with Crippen molar-refractivity contribution in [1.29, 1.82) is 0 Å². The number of nitrogens with zero attached hydrogens (tertiary/aromatic N) is 4. The Morgan fingerprint density at radius 1 is 0.915 bits per heavy atom. The van der Waals surface area contributed by atoms with E-state index in [0.29, 0.717) is 41.7 Å².